The lowest BCUT2D eigenvalue weighted by molar-refractivity contribution is -0.142. The maximum absolute atomic E-state index is 14.0. The van der Waals surface area contributed by atoms with Crippen LogP contribution in [0.1, 0.15) is 29.0 Å². The number of carboxylic acids is 1. The molecule has 0 saturated carbocycles. The molecule has 0 aromatic heterocycles. The van der Waals surface area contributed by atoms with E-state index in [0.717, 1.165) is 11.1 Å². The molecule has 1 aliphatic rings. The predicted octanol–water partition coefficient (Wildman–Crippen LogP) is 3.90. The quantitative estimate of drug-likeness (QED) is 0.774. The van der Waals surface area contributed by atoms with Gasteiger partial charge >= 0.3 is 5.97 Å². The van der Waals surface area contributed by atoms with Gasteiger partial charge in [0, 0.05) is 10.9 Å². The summed E-state index contributed by atoms with van der Waals surface area (Å²) in [5, 5.41) is 12.0. The number of allylic oxidation sites excluding steroid dienone is 1. The predicted molar refractivity (Wildman–Crippen MR) is 100 cm³/mol. The Morgan fingerprint density at radius 3 is 2.77 bits per heavy atom. The fourth-order valence-corrected chi connectivity index (χ4v) is 3.40. The molecule has 0 saturated heterocycles. The topological polar surface area (TPSA) is 66.4 Å². The van der Waals surface area contributed by atoms with E-state index in [0.29, 0.717) is 10.9 Å². The molecule has 4 nitrogen and oxygen atoms in total. The van der Waals surface area contributed by atoms with Crippen LogP contribution in [0.5, 0.6) is 0 Å². The van der Waals surface area contributed by atoms with Crippen LogP contribution in [0, 0.1) is 5.82 Å². The SMILES string of the molecule is O=C(N[C@@H](Cc1ccc(Br)cc1F)C(=O)O)C1CC=Cc2ccccc21. The van der Waals surface area contributed by atoms with Gasteiger partial charge in [0.1, 0.15) is 11.9 Å². The Hall–Kier alpha value is -2.47. The number of hydrogen-bond acceptors (Lipinski definition) is 2. The molecule has 3 rings (SSSR count). The van der Waals surface area contributed by atoms with Crippen molar-refractivity contribution in [3.63, 3.8) is 0 Å². The largest absolute Gasteiger partial charge is 0.480 e. The lowest BCUT2D eigenvalue weighted by Crippen LogP contribution is -2.44. The van der Waals surface area contributed by atoms with Crippen molar-refractivity contribution in [2.45, 2.75) is 24.8 Å². The van der Waals surface area contributed by atoms with Crippen molar-refractivity contribution in [1.82, 2.24) is 5.32 Å². The molecule has 1 aliphatic carbocycles. The first-order chi connectivity index (χ1) is 12.5. The fourth-order valence-electron chi connectivity index (χ4n) is 3.07. The van der Waals surface area contributed by atoms with Gasteiger partial charge in [0.2, 0.25) is 5.91 Å². The van der Waals surface area contributed by atoms with Crippen LogP contribution in [0.2, 0.25) is 0 Å². The number of rotatable bonds is 5. The van der Waals surface area contributed by atoms with Crippen molar-refractivity contribution in [3.8, 4) is 0 Å². The van der Waals surface area contributed by atoms with E-state index in [1.54, 1.807) is 6.07 Å². The first kappa shape index (κ1) is 18.3. The number of carbonyl (C=O) groups is 2. The van der Waals surface area contributed by atoms with E-state index < -0.39 is 23.7 Å². The summed E-state index contributed by atoms with van der Waals surface area (Å²) in [6, 6.07) is 10.8. The first-order valence-corrected chi connectivity index (χ1v) is 8.97. The average molecular weight is 418 g/mol. The number of fused-ring (bicyclic) bond motifs is 1. The van der Waals surface area contributed by atoms with Gasteiger partial charge in [-0.15, -0.1) is 0 Å². The molecule has 0 bridgehead atoms. The molecule has 1 unspecified atom stereocenters. The van der Waals surface area contributed by atoms with Gasteiger partial charge in [-0.3, -0.25) is 4.79 Å². The molecule has 0 spiro atoms. The van der Waals surface area contributed by atoms with Crippen LogP contribution in [0.4, 0.5) is 4.39 Å². The number of nitrogens with one attached hydrogen (secondary N) is 1. The third-order valence-electron chi connectivity index (χ3n) is 4.41. The van der Waals surface area contributed by atoms with E-state index in [2.05, 4.69) is 21.2 Å². The number of hydrogen-bond donors (Lipinski definition) is 2. The third kappa shape index (κ3) is 4.02. The minimum atomic E-state index is -1.20. The summed E-state index contributed by atoms with van der Waals surface area (Å²) in [5.74, 6) is -2.52. The van der Waals surface area contributed by atoms with Gasteiger partial charge in [0.05, 0.1) is 5.92 Å². The maximum atomic E-state index is 14.0. The molecule has 0 fully saturated rings. The molecule has 2 aromatic rings. The number of carboxylic acid groups (broad SMARTS) is 1. The minimum absolute atomic E-state index is 0.121. The first-order valence-electron chi connectivity index (χ1n) is 8.18. The molecule has 2 atom stereocenters. The summed E-state index contributed by atoms with van der Waals surface area (Å²) in [4.78, 5) is 24.3. The lowest BCUT2D eigenvalue weighted by Gasteiger charge is -2.23. The molecule has 0 heterocycles. The summed E-state index contributed by atoms with van der Waals surface area (Å²) in [7, 11) is 0. The molecule has 0 aliphatic heterocycles. The van der Waals surface area contributed by atoms with Crippen LogP contribution in [0.25, 0.3) is 6.08 Å². The van der Waals surface area contributed by atoms with Gasteiger partial charge in [-0.25, -0.2) is 9.18 Å². The highest BCUT2D eigenvalue weighted by molar-refractivity contribution is 9.10. The summed E-state index contributed by atoms with van der Waals surface area (Å²) in [6.45, 7) is 0. The minimum Gasteiger partial charge on any atom is -0.480 e. The number of carbonyl (C=O) groups excluding carboxylic acids is 1. The molecule has 1 amide bonds. The van der Waals surface area contributed by atoms with Gasteiger partial charge < -0.3 is 10.4 Å². The number of aliphatic carboxylic acids is 1. The van der Waals surface area contributed by atoms with Crippen molar-refractivity contribution < 1.29 is 19.1 Å². The third-order valence-corrected chi connectivity index (χ3v) is 4.90. The molecule has 6 heteroatoms. The van der Waals surface area contributed by atoms with Crippen LogP contribution in [0.3, 0.4) is 0 Å². The summed E-state index contributed by atoms with van der Waals surface area (Å²) in [6.07, 6.45) is 4.23. The smallest absolute Gasteiger partial charge is 0.326 e. The van der Waals surface area contributed by atoms with Gasteiger partial charge in [-0.1, -0.05) is 58.4 Å². The molecular weight excluding hydrogens is 401 g/mol. The van der Waals surface area contributed by atoms with Gasteiger partial charge in [0.25, 0.3) is 0 Å². The second kappa shape index (κ2) is 7.83. The molecular formula is C20H17BrFNO3. The zero-order valence-corrected chi connectivity index (χ0v) is 15.4. The maximum Gasteiger partial charge on any atom is 0.326 e. The second-order valence-electron chi connectivity index (χ2n) is 6.16. The van der Waals surface area contributed by atoms with Crippen LogP contribution < -0.4 is 5.32 Å². The highest BCUT2D eigenvalue weighted by Crippen LogP contribution is 2.30. The summed E-state index contributed by atoms with van der Waals surface area (Å²) >= 11 is 3.17. The Bertz CT molecular complexity index is 881. The zero-order chi connectivity index (χ0) is 18.7. The average Bonchev–Trinajstić information content (AvgIpc) is 2.62. The van der Waals surface area contributed by atoms with Gasteiger partial charge in [0.15, 0.2) is 0 Å². The summed E-state index contributed by atoms with van der Waals surface area (Å²) in [5.41, 5.74) is 2.06. The second-order valence-corrected chi connectivity index (χ2v) is 7.07. The Kier molecular flexibility index (Phi) is 5.52. The molecule has 26 heavy (non-hydrogen) atoms. The Morgan fingerprint density at radius 1 is 1.27 bits per heavy atom. The Balaban J connectivity index is 1.77. The highest BCUT2D eigenvalue weighted by atomic mass is 79.9. The van der Waals surface area contributed by atoms with Crippen molar-refractivity contribution in [3.05, 3.63) is 75.5 Å². The van der Waals surface area contributed by atoms with E-state index in [4.69, 9.17) is 0 Å². The van der Waals surface area contributed by atoms with Crippen molar-refractivity contribution >= 4 is 33.9 Å². The van der Waals surface area contributed by atoms with Crippen LogP contribution in [-0.4, -0.2) is 23.0 Å². The summed E-state index contributed by atoms with van der Waals surface area (Å²) < 4.78 is 14.6. The molecule has 2 aromatic carbocycles. The molecule has 2 N–H and O–H groups in total. The van der Waals surface area contributed by atoms with Gasteiger partial charge in [-0.2, -0.15) is 0 Å². The Labute approximate surface area is 158 Å². The van der Waals surface area contributed by atoms with Crippen molar-refractivity contribution in [1.29, 1.82) is 0 Å². The standard InChI is InChI=1S/C20H17BrFNO3/c21-14-9-8-13(17(22)11-14)10-18(20(25)26)23-19(24)16-7-3-5-12-4-1-2-6-15(12)16/h1-6,8-9,11,16,18H,7,10H2,(H,23,24)(H,25,26)/t16?,18-/m0/s1. The van der Waals surface area contributed by atoms with Gasteiger partial charge in [-0.05, 0) is 35.2 Å². The Morgan fingerprint density at radius 2 is 2.04 bits per heavy atom. The lowest BCUT2D eigenvalue weighted by atomic mass is 9.86. The van der Waals surface area contributed by atoms with E-state index in [1.807, 2.05) is 36.4 Å². The van der Waals surface area contributed by atoms with Crippen LogP contribution >= 0.6 is 15.9 Å². The van der Waals surface area contributed by atoms with E-state index in [-0.39, 0.29) is 17.9 Å². The molecule has 134 valence electrons. The number of halogens is 2. The fraction of sp³-hybridized carbons (Fsp3) is 0.200. The van der Waals surface area contributed by atoms with E-state index >= 15 is 0 Å². The van der Waals surface area contributed by atoms with Crippen molar-refractivity contribution in [2.75, 3.05) is 0 Å². The van der Waals surface area contributed by atoms with E-state index in [9.17, 15) is 19.1 Å². The highest BCUT2D eigenvalue weighted by Gasteiger charge is 2.28. The van der Waals surface area contributed by atoms with Crippen molar-refractivity contribution in [2.24, 2.45) is 0 Å². The normalized spacial score (nSPS) is 16.6. The van der Waals surface area contributed by atoms with Crippen LogP contribution in [-0.2, 0) is 16.0 Å². The van der Waals surface area contributed by atoms with E-state index in [1.165, 1.54) is 12.1 Å². The number of benzene rings is 2. The monoisotopic (exact) mass is 417 g/mol. The zero-order valence-electron chi connectivity index (χ0n) is 13.8. The van der Waals surface area contributed by atoms with Crippen LogP contribution in [0.15, 0.2) is 53.0 Å². The number of amides is 1. The molecule has 0 radical (unpaired) electrons.